The predicted octanol–water partition coefficient (Wildman–Crippen LogP) is 1.77. The third-order valence-electron chi connectivity index (χ3n) is 2.88. The second-order valence-electron chi connectivity index (χ2n) is 4.37. The van der Waals surface area contributed by atoms with Gasteiger partial charge in [-0.15, -0.1) is 0 Å². The van der Waals surface area contributed by atoms with Crippen molar-refractivity contribution in [2.75, 3.05) is 13.6 Å². The number of halogens is 1. The van der Waals surface area contributed by atoms with Gasteiger partial charge >= 0.3 is 5.97 Å². The topological polar surface area (TPSA) is 73.4 Å². The van der Waals surface area contributed by atoms with Gasteiger partial charge in [0.1, 0.15) is 12.4 Å². The van der Waals surface area contributed by atoms with E-state index >= 15 is 0 Å². The van der Waals surface area contributed by atoms with E-state index in [-0.39, 0.29) is 0 Å². The zero-order chi connectivity index (χ0) is 14.2. The van der Waals surface area contributed by atoms with E-state index in [0.29, 0.717) is 22.2 Å². The summed E-state index contributed by atoms with van der Waals surface area (Å²) in [7, 11) is 1.40. The Bertz CT molecular complexity index is 663. The van der Waals surface area contributed by atoms with Crippen molar-refractivity contribution in [1.82, 2.24) is 9.88 Å². The quantitative estimate of drug-likeness (QED) is 0.887. The summed E-state index contributed by atoms with van der Waals surface area (Å²) in [4.78, 5) is 26.9. The molecule has 0 saturated carbocycles. The van der Waals surface area contributed by atoms with Crippen LogP contribution in [0.5, 0.6) is 0 Å². The summed E-state index contributed by atoms with van der Waals surface area (Å²) in [5.74, 6) is -1.99. The monoisotopic (exact) mass is 264 g/mol. The van der Waals surface area contributed by atoms with E-state index in [1.165, 1.54) is 19.2 Å². The lowest BCUT2D eigenvalue weighted by Gasteiger charge is -2.14. The van der Waals surface area contributed by atoms with Gasteiger partial charge in [-0.05, 0) is 25.1 Å². The van der Waals surface area contributed by atoms with Crippen LogP contribution in [0.3, 0.4) is 0 Å². The lowest BCUT2D eigenvalue weighted by atomic mass is 10.1. The maximum Gasteiger partial charge on any atom is 0.323 e. The molecule has 2 rings (SSSR count). The number of aliphatic carboxylic acids is 1. The third kappa shape index (κ3) is 2.42. The number of carboxylic acid groups (broad SMARTS) is 1. The summed E-state index contributed by atoms with van der Waals surface area (Å²) in [6, 6.07) is 4.11. The number of nitrogens with zero attached hydrogens (tertiary/aromatic N) is 1. The average Bonchev–Trinajstić information content (AvgIpc) is 2.62. The first-order valence-corrected chi connectivity index (χ1v) is 5.65. The number of carbonyl (C=O) groups excluding carboxylic acids is 1. The van der Waals surface area contributed by atoms with Gasteiger partial charge in [0.25, 0.3) is 5.91 Å². The Labute approximate surface area is 108 Å². The fraction of sp³-hybridized carbons (Fsp3) is 0.231. The SMILES string of the molecule is Cc1[nH]c2ccc(F)cc2c1C(=O)N(C)CC(=O)O. The molecule has 1 heterocycles. The fourth-order valence-corrected chi connectivity index (χ4v) is 2.04. The number of benzene rings is 1. The van der Waals surface area contributed by atoms with Crippen LogP contribution in [-0.4, -0.2) is 40.5 Å². The number of aromatic amines is 1. The highest BCUT2D eigenvalue weighted by molar-refractivity contribution is 6.08. The Morgan fingerprint density at radius 2 is 2.11 bits per heavy atom. The first-order chi connectivity index (χ1) is 8.90. The summed E-state index contributed by atoms with van der Waals surface area (Å²) in [5.41, 5.74) is 1.53. The number of hydrogen-bond donors (Lipinski definition) is 2. The Morgan fingerprint density at radius 1 is 1.42 bits per heavy atom. The first-order valence-electron chi connectivity index (χ1n) is 5.65. The van der Waals surface area contributed by atoms with Crippen LogP contribution in [0.2, 0.25) is 0 Å². The number of nitrogens with one attached hydrogen (secondary N) is 1. The normalized spacial score (nSPS) is 10.7. The Balaban J connectivity index is 2.49. The molecule has 100 valence electrons. The highest BCUT2D eigenvalue weighted by Gasteiger charge is 2.21. The number of fused-ring (bicyclic) bond motifs is 1. The molecule has 0 aliphatic rings. The molecule has 0 unspecified atom stereocenters. The second-order valence-corrected chi connectivity index (χ2v) is 4.37. The maximum absolute atomic E-state index is 13.3. The number of aromatic nitrogens is 1. The lowest BCUT2D eigenvalue weighted by molar-refractivity contribution is -0.137. The Kier molecular flexibility index (Phi) is 3.25. The van der Waals surface area contributed by atoms with E-state index in [0.717, 1.165) is 4.90 Å². The Hall–Kier alpha value is -2.37. The van der Waals surface area contributed by atoms with Crippen molar-refractivity contribution in [1.29, 1.82) is 0 Å². The largest absolute Gasteiger partial charge is 0.480 e. The van der Waals surface area contributed by atoms with Crippen molar-refractivity contribution in [2.24, 2.45) is 0 Å². The minimum absolute atomic E-state index is 0.304. The minimum Gasteiger partial charge on any atom is -0.480 e. The van der Waals surface area contributed by atoms with Gasteiger partial charge in [0.15, 0.2) is 0 Å². The van der Waals surface area contributed by atoms with Crippen LogP contribution in [-0.2, 0) is 4.79 Å². The highest BCUT2D eigenvalue weighted by atomic mass is 19.1. The van der Waals surface area contributed by atoms with Crippen LogP contribution in [0.15, 0.2) is 18.2 Å². The van der Waals surface area contributed by atoms with Gasteiger partial charge in [0.2, 0.25) is 0 Å². The van der Waals surface area contributed by atoms with Crippen LogP contribution in [0, 0.1) is 12.7 Å². The molecule has 2 N–H and O–H groups in total. The molecule has 0 saturated heterocycles. The van der Waals surface area contributed by atoms with Crippen molar-refractivity contribution in [3.05, 3.63) is 35.3 Å². The molecule has 2 aromatic rings. The van der Waals surface area contributed by atoms with E-state index in [4.69, 9.17) is 5.11 Å². The van der Waals surface area contributed by atoms with Gasteiger partial charge < -0.3 is 15.0 Å². The molecule has 6 heteroatoms. The number of hydrogen-bond acceptors (Lipinski definition) is 2. The van der Waals surface area contributed by atoms with Crippen LogP contribution in [0.25, 0.3) is 10.9 Å². The van der Waals surface area contributed by atoms with Gasteiger partial charge in [-0.25, -0.2) is 4.39 Å². The summed E-state index contributed by atoms with van der Waals surface area (Å²) < 4.78 is 13.3. The molecule has 0 atom stereocenters. The number of carbonyl (C=O) groups is 2. The molecule has 0 fully saturated rings. The van der Waals surface area contributed by atoms with Gasteiger partial charge in [-0.3, -0.25) is 9.59 Å². The van der Waals surface area contributed by atoms with Gasteiger partial charge in [-0.2, -0.15) is 0 Å². The minimum atomic E-state index is -1.10. The molecule has 19 heavy (non-hydrogen) atoms. The third-order valence-corrected chi connectivity index (χ3v) is 2.88. The maximum atomic E-state index is 13.3. The summed E-state index contributed by atoms with van der Waals surface area (Å²) >= 11 is 0. The molecule has 0 aliphatic heterocycles. The van der Waals surface area contributed by atoms with Crippen molar-refractivity contribution < 1.29 is 19.1 Å². The first kappa shape index (κ1) is 13.1. The van der Waals surface area contributed by atoms with Crippen molar-refractivity contribution >= 4 is 22.8 Å². The smallest absolute Gasteiger partial charge is 0.323 e. The van der Waals surface area contributed by atoms with Crippen molar-refractivity contribution in [3.63, 3.8) is 0 Å². The van der Waals surface area contributed by atoms with Crippen LogP contribution in [0.1, 0.15) is 16.1 Å². The van der Waals surface area contributed by atoms with Gasteiger partial charge in [0.05, 0.1) is 5.56 Å². The van der Waals surface area contributed by atoms with Gasteiger partial charge in [0, 0.05) is 23.6 Å². The second kappa shape index (κ2) is 4.72. The molecule has 0 spiro atoms. The predicted molar refractivity (Wildman–Crippen MR) is 67.6 cm³/mol. The number of rotatable bonds is 3. The van der Waals surface area contributed by atoms with Crippen LogP contribution < -0.4 is 0 Å². The zero-order valence-electron chi connectivity index (χ0n) is 10.5. The molecule has 1 aromatic carbocycles. The van der Waals surface area contributed by atoms with E-state index < -0.39 is 24.2 Å². The van der Waals surface area contributed by atoms with Gasteiger partial charge in [-0.1, -0.05) is 0 Å². The molecule has 1 aromatic heterocycles. The van der Waals surface area contributed by atoms with Crippen molar-refractivity contribution in [3.8, 4) is 0 Å². The summed E-state index contributed by atoms with van der Waals surface area (Å²) in [6.45, 7) is 1.29. The summed E-state index contributed by atoms with van der Waals surface area (Å²) in [6.07, 6.45) is 0. The highest BCUT2D eigenvalue weighted by Crippen LogP contribution is 2.24. The number of carboxylic acids is 1. The van der Waals surface area contributed by atoms with Crippen molar-refractivity contribution in [2.45, 2.75) is 6.92 Å². The average molecular weight is 264 g/mol. The molecule has 0 aliphatic carbocycles. The van der Waals surface area contributed by atoms with E-state index in [2.05, 4.69) is 4.98 Å². The standard InChI is InChI=1S/C13H13FN2O3/c1-7-12(13(19)16(2)6-11(17)18)9-5-8(14)3-4-10(9)15-7/h3-5,15H,6H2,1-2H3,(H,17,18). The number of aryl methyl sites for hydroxylation is 1. The van der Waals surface area contributed by atoms with Crippen LogP contribution in [0.4, 0.5) is 4.39 Å². The molecular weight excluding hydrogens is 251 g/mol. The summed E-state index contributed by atoms with van der Waals surface area (Å²) in [5, 5.41) is 9.15. The van der Waals surface area contributed by atoms with Crippen LogP contribution >= 0.6 is 0 Å². The lowest BCUT2D eigenvalue weighted by Crippen LogP contribution is -2.32. The van der Waals surface area contributed by atoms with E-state index in [9.17, 15) is 14.0 Å². The zero-order valence-corrected chi connectivity index (χ0v) is 10.5. The molecule has 0 radical (unpaired) electrons. The number of amides is 1. The van der Waals surface area contributed by atoms with E-state index in [1.807, 2.05) is 0 Å². The molecular formula is C13H13FN2O3. The fourth-order valence-electron chi connectivity index (χ4n) is 2.04. The number of H-pyrrole nitrogens is 1. The Morgan fingerprint density at radius 3 is 2.74 bits per heavy atom. The van der Waals surface area contributed by atoms with E-state index in [1.54, 1.807) is 13.0 Å². The molecule has 1 amide bonds. The number of likely N-dealkylation sites (N-methyl/N-ethyl adjacent to an activating group) is 1. The molecule has 0 bridgehead atoms. The molecule has 5 nitrogen and oxygen atoms in total.